The lowest BCUT2D eigenvalue weighted by molar-refractivity contribution is 0.0944. The summed E-state index contributed by atoms with van der Waals surface area (Å²) in [5.74, 6) is 0.162. The van der Waals surface area contributed by atoms with E-state index < -0.39 is 0 Å². The van der Waals surface area contributed by atoms with Crippen molar-refractivity contribution >= 4 is 44.7 Å². The zero-order valence-corrected chi connectivity index (χ0v) is 11.5. The predicted molar refractivity (Wildman–Crippen MR) is 65.4 cm³/mol. The second kappa shape index (κ2) is 4.33. The third kappa shape index (κ3) is 3.37. The van der Waals surface area contributed by atoms with E-state index in [1.807, 2.05) is 0 Å². The normalized spacial score (nSPS) is 11.8. The van der Waals surface area contributed by atoms with Crippen molar-refractivity contribution in [1.29, 1.82) is 0 Å². The number of halogens is 2. The summed E-state index contributed by atoms with van der Waals surface area (Å²) in [6, 6.07) is 1.73. The van der Waals surface area contributed by atoms with Crippen LogP contribution in [0.3, 0.4) is 0 Å². The molecule has 0 saturated heterocycles. The van der Waals surface area contributed by atoms with Crippen LogP contribution in [-0.2, 0) is 0 Å². The van der Waals surface area contributed by atoms with Gasteiger partial charge in [0.15, 0.2) is 5.78 Å². The summed E-state index contributed by atoms with van der Waals surface area (Å²) in [5.41, 5.74) is 0.0278. The maximum atomic E-state index is 11.8. The average Bonchev–Trinajstić information content (AvgIpc) is 2.28. The molecule has 0 spiro atoms. The molecule has 0 saturated carbocycles. The lowest BCUT2D eigenvalue weighted by Crippen LogP contribution is -2.11. The van der Waals surface area contributed by atoms with Crippen LogP contribution in [0.2, 0.25) is 5.02 Å². The minimum absolute atomic E-state index is 0.0278. The molecule has 1 heterocycles. The molecule has 0 radical (unpaired) electrons. The molecular weight excluding hydrogens is 284 g/mol. The lowest BCUT2D eigenvalue weighted by Gasteiger charge is -2.15. The van der Waals surface area contributed by atoms with Gasteiger partial charge in [0.1, 0.15) is 0 Å². The van der Waals surface area contributed by atoms with Gasteiger partial charge in [-0.3, -0.25) is 4.79 Å². The molecule has 1 rings (SSSR count). The van der Waals surface area contributed by atoms with Crippen molar-refractivity contribution in [2.24, 2.45) is 5.41 Å². The van der Waals surface area contributed by atoms with E-state index >= 15 is 0 Å². The van der Waals surface area contributed by atoms with Gasteiger partial charge in [0.2, 0.25) is 0 Å². The van der Waals surface area contributed by atoms with Gasteiger partial charge in [-0.1, -0.05) is 32.4 Å². The Labute approximate surface area is 102 Å². The third-order valence-corrected chi connectivity index (χ3v) is 4.13. The molecule has 0 aromatic carbocycles. The van der Waals surface area contributed by atoms with Crippen molar-refractivity contribution < 1.29 is 4.79 Å². The molecule has 0 aliphatic carbocycles. The fraction of sp³-hybridized carbons (Fsp3) is 0.500. The van der Waals surface area contributed by atoms with E-state index in [0.717, 1.165) is 8.66 Å². The Morgan fingerprint density at radius 3 is 2.50 bits per heavy atom. The van der Waals surface area contributed by atoms with Gasteiger partial charge < -0.3 is 0 Å². The Morgan fingerprint density at radius 2 is 2.14 bits per heavy atom. The Kier molecular flexibility index (Phi) is 3.78. The molecule has 0 aliphatic heterocycles. The lowest BCUT2D eigenvalue weighted by atomic mass is 9.90. The molecule has 0 fully saturated rings. The van der Waals surface area contributed by atoms with Crippen LogP contribution < -0.4 is 0 Å². The molecule has 0 aliphatic rings. The number of hydrogen-bond acceptors (Lipinski definition) is 2. The summed E-state index contributed by atoms with van der Waals surface area (Å²) >= 11 is 10.6. The zero-order valence-electron chi connectivity index (χ0n) is 8.36. The fourth-order valence-corrected chi connectivity index (χ4v) is 2.69. The van der Waals surface area contributed by atoms with E-state index in [1.165, 1.54) is 11.3 Å². The summed E-state index contributed by atoms with van der Waals surface area (Å²) in [7, 11) is 0. The fourth-order valence-electron chi connectivity index (χ4n) is 1.05. The van der Waals surface area contributed by atoms with Gasteiger partial charge in [0.05, 0.1) is 13.7 Å². The minimum Gasteiger partial charge on any atom is -0.293 e. The van der Waals surface area contributed by atoms with E-state index in [-0.39, 0.29) is 11.2 Å². The van der Waals surface area contributed by atoms with E-state index in [0.29, 0.717) is 11.4 Å². The molecule has 0 bridgehead atoms. The van der Waals surface area contributed by atoms with Crippen molar-refractivity contribution in [1.82, 2.24) is 0 Å². The van der Waals surface area contributed by atoms with E-state index in [4.69, 9.17) is 11.6 Å². The van der Waals surface area contributed by atoms with Crippen LogP contribution in [0, 0.1) is 5.41 Å². The van der Waals surface area contributed by atoms with Gasteiger partial charge in [-0.2, -0.15) is 0 Å². The molecule has 1 nitrogen and oxygen atoms in total. The van der Waals surface area contributed by atoms with Crippen LogP contribution in [0.5, 0.6) is 0 Å². The van der Waals surface area contributed by atoms with Crippen LogP contribution in [-0.4, -0.2) is 5.78 Å². The largest absolute Gasteiger partial charge is 0.293 e. The second-order valence-corrected chi connectivity index (χ2v) is 7.17. The number of Topliss-reactive ketones (excluding diaryl/α,β-unsaturated/α-hetero) is 1. The molecule has 78 valence electrons. The molecule has 0 atom stereocenters. The maximum Gasteiger partial charge on any atom is 0.173 e. The van der Waals surface area contributed by atoms with Gasteiger partial charge in [-0.25, -0.2) is 0 Å². The molecule has 0 unspecified atom stereocenters. The Hall–Kier alpha value is 0.140. The number of rotatable bonds is 2. The van der Waals surface area contributed by atoms with Gasteiger partial charge in [0, 0.05) is 6.42 Å². The molecular formula is C10H12BrClOS. The second-order valence-electron chi connectivity index (χ2n) is 4.39. The Bertz CT molecular complexity index is 332. The maximum absolute atomic E-state index is 11.8. The molecule has 0 N–H and O–H groups in total. The van der Waals surface area contributed by atoms with E-state index in [1.54, 1.807) is 6.07 Å². The van der Waals surface area contributed by atoms with Gasteiger partial charge >= 0.3 is 0 Å². The SMILES string of the molecule is CC(C)(C)CC(=O)c1cc(Cl)c(Br)s1. The summed E-state index contributed by atoms with van der Waals surface area (Å²) in [5, 5.41) is 0.618. The van der Waals surface area contributed by atoms with Crippen LogP contribution in [0.25, 0.3) is 0 Å². The highest BCUT2D eigenvalue weighted by Gasteiger charge is 2.19. The quantitative estimate of drug-likeness (QED) is 0.717. The monoisotopic (exact) mass is 294 g/mol. The first-order chi connectivity index (χ1) is 6.29. The van der Waals surface area contributed by atoms with Crippen molar-refractivity contribution in [3.05, 3.63) is 19.8 Å². The van der Waals surface area contributed by atoms with Crippen molar-refractivity contribution in [3.63, 3.8) is 0 Å². The smallest absolute Gasteiger partial charge is 0.173 e. The molecule has 14 heavy (non-hydrogen) atoms. The summed E-state index contributed by atoms with van der Waals surface area (Å²) in [4.78, 5) is 12.5. The Morgan fingerprint density at radius 1 is 1.57 bits per heavy atom. The average molecular weight is 296 g/mol. The third-order valence-electron chi connectivity index (χ3n) is 1.61. The van der Waals surface area contributed by atoms with Crippen molar-refractivity contribution in [2.45, 2.75) is 27.2 Å². The number of thiophene rings is 1. The van der Waals surface area contributed by atoms with E-state index in [9.17, 15) is 4.79 Å². The van der Waals surface area contributed by atoms with Crippen LogP contribution in [0.1, 0.15) is 36.9 Å². The summed E-state index contributed by atoms with van der Waals surface area (Å²) in [6.45, 7) is 6.15. The standard InChI is InChI=1S/C10H12BrClOS/c1-10(2,3)5-7(13)8-4-6(12)9(11)14-8/h4H,5H2,1-3H3. The highest BCUT2D eigenvalue weighted by molar-refractivity contribution is 9.11. The van der Waals surface area contributed by atoms with E-state index in [2.05, 4.69) is 36.7 Å². The van der Waals surface area contributed by atoms with Crippen LogP contribution in [0.4, 0.5) is 0 Å². The number of hydrogen-bond donors (Lipinski definition) is 0. The molecule has 4 heteroatoms. The minimum atomic E-state index is 0.0278. The first kappa shape index (κ1) is 12.2. The topological polar surface area (TPSA) is 17.1 Å². The summed E-state index contributed by atoms with van der Waals surface area (Å²) < 4.78 is 0.830. The molecule has 1 aromatic rings. The van der Waals surface area contributed by atoms with Crippen molar-refractivity contribution in [2.75, 3.05) is 0 Å². The van der Waals surface area contributed by atoms with Crippen LogP contribution in [0.15, 0.2) is 9.85 Å². The number of ketones is 1. The zero-order chi connectivity index (χ0) is 10.9. The highest BCUT2D eigenvalue weighted by atomic mass is 79.9. The van der Waals surface area contributed by atoms with Gasteiger partial charge in [-0.15, -0.1) is 11.3 Å². The highest BCUT2D eigenvalue weighted by Crippen LogP contribution is 2.34. The summed E-state index contributed by atoms with van der Waals surface area (Å²) in [6.07, 6.45) is 0.552. The molecule has 1 aromatic heterocycles. The number of carbonyl (C=O) groups excluding carboxylic acids is 1. The van der Waals surface area contributed by atoms with Crippen molar-refractivity contribution in [3.8, 4) is 0 Å². The van der Waals surface area contributed by atoms with Gasteiger partial charge in [-0.05, 0) is 27.4 Å². The Balaban J connectivity index is 2.80. The van der Waals surface area contributed by atoms with Crippen LogP contribution >= 0.6 is 38.9 Å². The number of carbonyl (C=O) groups is 1. The predicted octanol–water partition coefficient (Wildman–Crippen LogP) is 4.78. The molecule has 0 amide bonds. The first-order valence-corrected chi connectivity index (χ1v) is 6.26. The van der Waals surface area contributed by atoms with Gasteiger partial charge in [0.25, 0.3) is 0 Å². The first-order valence-electron chi connectivity index (χ1n) is 4.27.